The fourth-order valence-electron chi connectivity index (χ4n) is 14.8. The maximum Gasteiger partial charge on any atom is 0.330 e. The number of phenolic OH excluding ortho intramolecular Hbond substituents is 3. The lowest BCUT2D eigenvalue weighted by Crippen LogP contribution is -2.62. The van der Waals surface area contributed by atoms with Gasteiger partial charge in [-0.25, -0.2) is 4.79 Å². The molecule has 8 aliphatic heterocycles. The number of hydrogen-bond donors (Lipinski definition) is 19. The predicted molar refractivity (Wildman–Crippen MR) is 484 cm³/mol. The maximum atomic E-state index is 16.4. The number of primary amides is 1. The van der Waals surface area contributed by atoms with Crippen LogP contribution in [0.4, 0.5) is 0 Å². The summed E-state index contributed by atoms with van der Waals surface area (Å²) >= 11 is 30.1. The molecule has 11 bridgehead atoms. The van der Waals surface area contributed by atoms with Crippen LogP contribution in [0.1, 0.15) is 180 Å². The number of fused-ring (bicyclic) bond motifs is 15. The predicted octanol–water partition coefficient (Wildman–Crippen LogP) is 7.19. The number of carbonyl (C=O) groups is 9. The quantitative estimate of drug-likeness (QED) is 0.0213. The first-order valence-corrected chi connectivity index (χ1v) is 44.4. The highest BCUT2D eigenvalue weighted by Gasteiger charge is 2.52. The number of carbonyl (C=O) groups excluding carboxylic acids is 8. The molecular weight excluding hydrogens is 1860 g/mol. The normalized spacial score (nSPS) is 26.7. The van der Waals surface area contributed by atoms with Crippen molar-refractivity contribution in [2.45, 2.75) is 238 Å². The third-order valence-electron chi connectivity index (χ3n) is 21.9. The monoisotopic (exact) mass is 1970 g/mol. The first-order chi connectivity index (χ1) is 60.0. The number of ketones is 1. The van der Waals surface area contributed by atoms with Gasteiger partial charge in [-0.2, -0.15) is 13.5 Å². The Kier molecular flexibility index (Phi) is 42.9. The van der Waals surface area contributed by atoms with Gasteiger partial charge in [-0.05, 0) is 138 Å². The van der Waals surface area contributed by atoms with Crippen LogP contribution in [0.5, 0.6) is 46.0 Å². The second kappa shape index (κ2) is 49.4. The molecule has 13 rings (SSSR count). The molecule has 5 aromatic rings. The minimum Gasteiger partial charge on any atom is -0.508 e. The van der Waals surface area contributed by atoms with Crippen molar-refractivity contribution in [1.29, 1.82) is 16.3 Å². The zero-order valence-electron chi connectivity index (χ0n) is 72.7. The number of aliphatic carboxylic acids is 1. The number of aromatic hydroxyl groups is 3. The number of hydrogen-bond acceptors (Lipinski definition) is 34. The molecule has 0 saturated carbocycles. The maximum absolute atomic E-state index is 16.4. The molecule has 20 atom stereocenters. The third-order valence-corrected chi connectivity index (χ3v) is 22.5. The van der Waals surface area contributed by atoms with E-state index in [2.05, 4.69) is 76.7 Å². The summed E-state index contributed by atoms with van der Waals surface area (Å²) in [6.07, 6.45) is -20.6. The molecule has 3 fully saturated rings. The number of phenols is 3. The molecule has 40 nitrogen and oxygen atoms in total. The van der Waals surface area contributed by atoms with Gasteiger partial charge in [0.2, 0.25) is 53.4 Å². The minimum atomic E-state index is -2.35. The van der Waals surface area contributed by atoms with Gasteiger partial charge in [-0.1, -0.05) is 111 Å². The van der Waals surface area contributed by atoms with Gasteiger partial charge in [0, 0.05) is 111 Å². The number of benzene rings is 5. The highest BCUT2D eigenvalue weighted by molar-refractivity contribution is 8.37. The van der Waals surface area contributed by atoms with Crippen LogP contribution in [0.2, 0.25) is 10.0 Å². The summed E-state index contributed by atoms with van der Waals surface area (Å²) in [7, 11) is 0.917. The molecule has 130 heavy (non-hydrogen) atoms. The number of ether oxygens (including phenoxy) is 8. The van der Waals surface area contributed by atoms with Crippen LogP contribution in [0.3, 0.4) is 0 Å². The molecule has 22 N–H and O–H groups in total. The Bertz CT molecular complexity index is 4960. The van der Waals surface area contributed by atoms with Crippen molar-refractivity contribution in [3.63, 3.8) is 0 Å². The Morgan fingerprint density at radius 3 is 1.68 bits per heavy atom. The molecule has 714 valence electrons. The number of aliphatic hydroxyl groups excluding tert-OH is 6. The van der Waals surface area contributed by atoms with E-state index in [0.29, 0.717) is 6.42 Å². The number of nitrogens with two attached hydrogens (primary N) is 1. The lowest BCUT2D eigenvalue weighted by Gasteiger charge is -2.47. The van der Waals surface area contributed by atoms with Gasteiger partial charge in [0.25, 0.3) is 0 Å². The van der Waals surface area contributed by atoms with E-state index in [1.165, 1.54) is 30.3 Å². The Morgan fingerprint density at radius 2 is 1.20 bits per heavy atom. The number of carboxylic acid groups (broad SMARTS) is 1. The summed E-state index contributed by atoms with van der Waals surface area (Å²) in [5, 5.41) is 141. The molecule has 0 unspecified atom stereocenters. The van der Waals surface area contributed by atoms with Crippen LogP contribution in [0.15, 0.2) is 78.9 Å². The van der Waals surface area contributed by atoms with Crippen LogP contribution < -0.4 is 58.0 Å². The molecule has 3 saturated heterocycles. The second-order valence-corrected chi connectivity index (χ2v) is 36.0. The summed E-state index contributed by atoms with van der Waals surface area (Å²) in [6, 6.07) is 1.17. The summed E-state index contributed by atoms with van der Waals surface area (Å²) in [4.78, 5) is 132. The van der Waals surface area contributed by atoms with E-state index < -0.39 is 250 Å². The van der Waals surface area contributed by atoms with Crippen molar-refractivity contribution in [2.24, 2.45) is 33.8 Å². The molecular formula is C82H109Cl2N13O27S6. The van der Waals surface area contributed by atoms with E-state index in [1.807, 2.05) is 34.6 Å². The molecule has 0 radical (unpaired) electrons. The van der Waals surface area contributed by atoms with Crippen molar-refractivity contribution in [3.8, 4) is 57.1 Å². The van der Waals surface area contributed by atoms with Crippen LogP contribution >= 0.6 is 36.7 Å². The van der Waals surface area contributed by atoms with Crippen LogP contribution in [0, 0.1) is 44.4 Å². The van der Waals surface area contributed by atoms with Crippen LogP contribution in [0.25, 0.3) is 21.6 Å². The van der Waals surface area contributed by atoms with Gasteiger partial charge in [-0.3, -0.25) is 38.4 Å². The van der Waals surface area contributed by atoms with Crippen molar-refractivity contribution in [1.82, 2.24) is 38.1 Å². The summed E-state index contributed by atoms with van der Waals surface area (Å²) in [6.45, 7) is 21.8. The smallest absolute Gasteiger partial charge is 0.330 e. The molecule has 0 aromatic heterocycles. The van der Waals surface area contributed by atoms with E-state index in [1.54, 1.807) is 60.3 Å². The van der Waals surface area contributed by atoms with Crippen molar-refractivity contribution in [2.75, 3.05) is 6.61 Å². The van der Waals surface area contributed by atoms with Gasteiger partial charge in [-0.15, -0.1) is 5.53 Å². The van der Waals surface area contributed by atoms with Crippen LogP contribution in [-0.4, -0.2) is 197 Å². The van der Waals surface area contributed by atoms with E-state index in [4.69, 9.17) is 88.7 Å². The van der Waals surface area contributed by atoms with E-state index in [0.717, 1.165) is 57.4 Å². The van der Waals surface area contributed by atoms with E-state index in [-0.39, 0.29) is 94.3 Å². The largest absolute Gasteiger partial charge is 0.508 e. The molecule has 8 heterocycles. The zero-order valence-corrected chi connectivity index (χ0v) is 79.2. The number of rotatable bonds is 15. The van der Waals surface area contributed by atoms with Gasteiger partial charge < -0.3 is 133 Å². The van der Waals surface area contributed by atoms with E-state index >= 15 is 24.0 Å². The number of Topliss-reactive ketones (excluding diaryl/α,β-unsaturated/α-hetero) is 1. The van der Waals surface area contributed by atoms with Gasteiger partial charge in [0.1, 0.15) is 95.3 Å². The Labute approximate surface area is 787 Å². The number of halogens is 2. The fourth-order valence-corrected chi connectivity index (χ4v) is 15.3. The molecule has 0 aliphatic carbocycles. The van der Waals surface area contributed by atoms with Crippen molar-refractivity contribution >= 4 is 143 Å². The summed E-state index contributed by atoms with van der Waals surface area (Å²) in [5.74, 6) is -15.9. The Morgan fingerprint density at radius 1 is 0.708 bits per heavy atom. The average Bonchev–Trinajstić information content (AvgIpc) is 0.762. The molecule has 48 heteroatoms. The van der Waals surface area contributed by atoms with Crippen molar-refractivity contribution in [3.05, 3.63) is 127 Å². The Hall–Kier alpha value is -9.39. The molecule has 7 amide bonds. The summed E-state index contributed by atoms with van der Waals surface area (Å²) in [5.41, 5.74) is 13.5. The highest BCUT2D eigenvalue weighted by Crippen LogP contribution is 2.51. The number of nitrogens with zero attached hydrogens (tertiary/aromatic N) is 4. The molecule has 5 aromatic carbocycles. The fraction of sp³-hybridized carbons (Fsp3) is 0.524. The molecule has 0 spiro atoms. The first kappa shape index (κ1) is 113. The van der Waals surface area contributed by atoms with E-state index in [9.17, 15) is 70.2 Å². The topological polar surface area (TPSA) is 671 Å². The van der Waals surface area contributed by atoms with Crippen LogP contribution in [-0.2, 0) is 120 Å². The van der Waals surface area contributed by atoms with Gasteiger partial charge in [0.15, 0.2) is 36.2 Å². The number of aliphatic hydroxyl groups is 6. The zero-order chi connectivity index (χ0) is 96.4. The second-order valence-electron chi connectivity index (χ2n) is 33.5. The SMILES string of the molecule is CC(=O)C(C)(C)C.CC[C@H](CC(C)C)C(=O)N[C@H]1C(=O)N[C@@H](CC(N)=O)C(=O)N[C@H]2C(=O)N[C@H]3C(=O)N[C@H](C(=O)N[C@H](C(=O)O)c4cc(O)cc(O)c4-c4cc3ccc4O)[C@H](O[C@H]3CC(C)(C)[C@@H](O)[C@H](C)O3)c3ccc(c(Cl)c3)Oc3cc2cc(c3O[C@@H]2O[C@H](CO)[C@@H](O)[C@H](O)[C@H]2O[C@H]2CC(C)(C)[C@@H](O)[C@H](C)O2)Oc2ccc(cc2Cl)[C@H]1O.N.N#N.S.S=S.S=S=S.[N-]=[N+]=N. The highest BCUT2D eigenvalue weighted by atomic mass is 35.5. The number of carboxylic acids is 1. The lowest BCUT2D eigenvalue weighted by molar-refractivity contribution is -0.337. The average molecular weight is 1970 g/mol. The lowest BCUT2D eigenvalue weighted by atomic mass is 9.78. The number of nitrogens with one attached hydrogen (secondary N) is 7. The molecule has 8 aliphatic rings. The van der Waals surface area contributed by atoms with Crippen molar-refractivity contribution < 1.29 is 132 Å². The van der Waals surface area contributed by atoms with Gasteiger partial charge >= 0.3 is 5.97 Å². The summed E-state index contributed by atoms with van der Waals surface area (Å²) < 4.78 is 52.2. The Balaban J connectivity index is 0.00000172. The first-order valence-electron chi connectivity index (χ1n) is 39.6. The number of amides is 7. The standard InChI is InChI=1S/C76H91Cl2N7O26.C6H12O.HN3.N2.H3N.S3.S2.H2S/c1-10-32(17-29(2)3)67(96)84-57-59(91)34-12-15-45(40(77)19-34)106-47-21-36-22-48(63(47)111-74-64(61(93)60(92)49(28-86)108-74)110-52-27-76(8,9)66(95)31(5)105-52)107-46-16-13-35(20-41(46)78)62(109-51-26-75(6,7)65(94)30(4)104-51)58-72(101)83-56(73(102)103)39-23-37(87)24-44(89)53(39)38-18-33(11-14-43(38)88)54(69(98)85-58)82-70(99)55(36)81-68(97)42(25-50(79)90)80-71(57)100;1-5(7)6(2,3)4;1-3-2;1-2;;1-3-2;1-2;/h11-16,18-24,29-32,42,49,51-52,54-62,64-66,74,86-89,91-95H,10,17,25-28H2,1-9H3,(H2,79,90)(H,80,100)(H,81,97)(H,82,99)(H,83,101)(H,84,96)(H,85,98)(H,102,103);1-4H3;1H;;1H3;;;1H2/t30-,31-,32+,42-,49+,51-,52-,54+,55+,56-,57+,58-,59+,60+,61-,62+,64+,65-,66-,74-;;;;;;;/m0......./s1. The third kappa shape index (κ3) is 28.1. The van der Waals surface area contributed by atoms with Gasteiger partial charge in [0.05, 0.1) is 47.5 Å². The minimum absolute atomic E-state index is 0.